The van der Waals surface area contributed by atoms with Gasteiger partial charge in [0.25, 0.3) is 5.91 Å². The van der Waals surface area contributed by atoms with E-state index in [1.165, 1.54) is 27.1 Å². The molecule has 1 aromatic carbocycles. The highest BCUT2D eigenvalue weighted by Gasteiger charge is 2.40. The van der Waals surface area contributed by atoms with Crippen LogP contribution in [0.1, 0.15) is 16.9 Å². The molecule has 2 atom stereocenters. The second kappa shape index (κ2) is 10.2. The predicted molar refractivity (Wildman–Crippen MR) is 145 cm³/mol. The number of amides is 3. The molecule has 2 unspecified atom stereocenters. The average molecular weight is 580 g/mol. The molecular weight excluding hydrogens is 561 g/mol. The number of fused-ring (bicyclic) bond motifs is 2. The summed E-state index contributed by atoms with van der Waals surface area (Å²) in [5.74, 6) is -1.88. The highest BCUT2D eigenvalue weighted by Crippen LogP contribution is 2.31. The monoisotopic (exact) mass is 579 g/mol. The maximum atomic E-state index is 14.5. The van der Waals surface area contributed by atoms with Gasteiger partial charge in [-0.1, -0.05) is 29.0 Å². The number of pyridine rings is 1. The highest BCUT2D eigenvalue weighted by atomic mass is 35.5. The molecule has 5 aromatic rings. The Morgan fingerprint density at radius 2 is 2.00 bits per heavy atom. The Morgan fingerprint density at radius 3 is 2.75 bits per heavy atom. The molecule has 1 saturated heterocycles. The molecule has 1 aliphatic rings. The summed E-state index contributed by atoms with van der Waals surface area (Å²) in [7, 11) is 0. The SMILES string of the molecule is NC(=O)c1nn(CC(=O)N2CC(F)CC2C(=O)Nc2nc3c(Cl)nccc3s2)c2ccc(-c3ccnnc3)cc12. The molecule has 1 fully saturated rings. The van der Waals surface area contributed by atoms with Crippen molar-refractivity contribution in [2.45, 2.75) is 25.2 Å². The largest absolute Gasteiger partial charge is 0.364 e. The quantitative estimate of drug-likeness (QED) is 0.290. The Hall–Kier alpha value is -4.56. The van der Waals surface area contributed by atoms with Crippen LogP contribution in [0.15, 0.2) is 48.9 Å². The second-order valence-corrected chi connectivity index (χ2v) is 10.5. The average Bonchev–Trinajstić information content (AvgIpc) is 3.64. The van der Waals surface area contributed by atoms with Gasteiger partial charge in [0.15, 0.2) is 16.0 Å². The molecule has 0 radical (unpaired) electrons. The number of carbonyl (C=O) groups is 3. The molecule has 3 N–H and O–H groups in total. The van der Waals surface area contributed by atoms with E-state index in [2.05, 4.69) is 30.6 Å². The van der Waals surface area contributed by atoms with E-state index in [0.717, 1.165) is 15.8 Å². The fourth-order valence-electron chi connectivity index (χ4n) is 4.72. The molecule has 0 bridgehead atoms. The first kappa shape index (κ1) is 25.7. The zero-order valence-electron chi connectivity index (χ0n) is 20.5. The van der Waals surface area contributed by atoms with E-state index < -0.39 is 29.9 Å². The highest BCUT2D eigenvalue weighted by molar-refractivity contribution is 7.22. The number of thiazole rings is 1. The van der Waals surface area contributed by atoms with Crippen LogP contribution in [-0.2, 0) is 16.1 Å². The summed E-state index contributed by atoms with van der Waals surface area (Å²) >= 11 is 7.26. The van der Waals surface area contributed by atoms with Gasteiger partial charge in [-0.25, -0.2) is 14.4 Å². The molecule has 6 rings (SSSR count). The summed E-state index contributed by atoms with van der Waals surface area (Å²) in [4.78, 5) is 48.1. The summed E-state index contributed by atoms with van der Waals surface area (Å²) in [5, 5.41) is 15.5. The van der Waals surface area contributed by atoms with Gasteiger partial charge < -0.3 is 16.0 Å². The van der Waals surface area contributed by atoms with Crippen LogP contribution in [-0.4, -0.2) is 71.3 Å². The van der Waals surface area contributed by atoms with E-state index in [1.54, 1.807) is 42.7 Å². The minimum absolute atomic E-state index is 0.0188. The number of hydrogen-bond donors (Lipinski definition) is 2. The summed E-state index contributed by atoms with van der Waals surface area (Å²) in [5.41, 5.74) is 7.98. The van der Waals surface area contributed by atoms with Gasteiger partial charge in [-0.15, -0.1) is 0 Å². The van der Waals surface area contributed by atoms with Crippen molar-refractivity contribution in [3.63, 3.8) is 0 Å². The van der Waals surface area contributed by atoms with E-state index in [4.69, 9.17) is 17.3 Å². The lowest BCUT2D eigenvalue weighted by Crippen LogP contribution is -2.44. The zero-order valence-corrected chi connectivity index (χ0v) is 22.1. The molecule has 1 aliphatic heterocycles. The molecule has 15 heteroatoms. The fourth-order valence-corrected chi connectivity index (χ4v) is 5.84. The van der Waals surface area contributed by atoms with Crippen LogP contribution in [0.2, 0.25) is 5.15 Å². The lowest BCUT2D eigenvalue weighted by Gasteiger charge is -2.23. The molecule has 40 heavy (non-hydrogen) atoms. The van der Waals surface area contributed by atoms with Gasteiger partial charge in [0.2, 0.25) is 11.8 Å². The first-order chi connectivity index (χ1) is 19.3. The minimum Gasteiger partial charge on any atom is -0.364 e. The maximum absolute atomic E-state index is 14.5. The van der Waals surface area contributed by atoms with Crippen molar-refractivity contribution < 1.29 is 18.8 Å². The first-order valence-corrected chi connectivity index (χ1v) is 13.2. The predicted octanol–water partition coefficient (Wildman–Crippen LogP) is 2.83. The Morgan fingerprint density at radius 1 is 1.15 bits per heavy atom. The normalized spacial score (nSPS) is 17.0. The fraction of sp³-hybridized carbons (Fsp3) is 0.200. The number of halogens is 2. The van der Waals surface area contributed by atoms with Gasteiger partial charge in [0.05, 0.1) is 29.2 Å². The van der Waals surface area contributed by atoms with Gasteiger partial charge >= 0.3 is 0 Å². The molecular formula is C25H19ClFN9O3S. The minimum atomic E-state index is -1.39. The van der Waals surface area contributed by atoms with Crippen molar-refractivity contribution in [3.05, 3.63) is 59.8 Å². The molecule has 202 valence electrons. The number of likely N-dealkylation sites (tertiary alicyclic amines) is 1. The number of anilines is 1. The Kier molecular flexibility index (Phi) is 6.56. The number of nitrogens with one attached hydrogen (secondary N) is 1. The standard InChI is InChI=1S/C25H19ClFN9O3S/c26-22-21-18(4-5-29-22)40-25(32-21)33-24(39)17-8-14(27)10-35(17)19(37)11-36-16-2-1-12(13-3-6-30-31-9-13)7-15(16)20(34-36)23(28)38/h1-7,9,14,17H,8,10-11H2,(H2,28,38)(H,32,33,39). The number of benzene rings is 1. The van der Waals surface area contributed by atoms with Crippen LogP contribution in [0.4, 0.5) is 9.52 Å². The van der Waals surface area contributed by atoms with Crippen LogP contribution >= 0.6 is 22.9 Å². The van der Waals surface area contributed by atoms with Crippen molar-refractivity contribution in [2.75, 3.05) is 11.9 Å². The molecule has 3 amide bonds. The van der Waals surface area contributed by atoms with E-state index >= 15 is 0 Å². The number of aromatic nitrogens is 6. The third-order valence-electron chi connectivity index (χ3n) is 6.55. The lowest BCUT2D eigenvalue weighted by atomic mass is 10.0. The van der Waals surface area contributed by atoms with Gasteiger partial charge in [0.1, 0.15) is 24.3 Å². The maximum Gasteiger partial charge on any atom is 0.269 e. The third-order valence-corrected chi connectivity index (χ3v) is 7.76. The summed E-state index contributed by atoms with van der Waals surface area (Å²) in [6.45, 7) is -0.591. The van der Waals surface area contributed by atoms with Crippen molar-refractivity contribution in [1.82, 2.24) is 34.8 Å². The topological polar surface area (TPSA) is 162 Å². The van der Waals surface area contributed by atoms with E-state index in [-0.39, 0.29) is 35.5 Å². The lowest BCUT2D eigenvalue weighted by molar-refractivity contribution is -0.137. The summed E-state index contributed by atoms with van der Waals surface area (Å²) < 4.78 is 16.6. The van der Waals surface area contributed by atoms with Crippen LogP contribution in [0.5, 0.6) is 0 Å². The smallest absolute Gasteiger partial charge is 0.269 e. The number of carbonyl (C=O) groups excluding carboxylic acids is 3. The van der Waals surface area contributed by atoms with Crippen molar-refractivity contribution in [2.24, 2.45) is 5.73 Å². The van der Waals surface area contributed by atoms with Crippen LogP contribution in [0.25, 0.3) is 32.2 Å². The van der Waals surface area contributed by atoms with Crippen LogP contribution in [0.3, 0.4) is 0 Å². The van der Waals surface area contributed by atoms with Gasteiger partial charge in [-0.2, -0.15) is 15.3 Å². The second-order valence-electron chi connectivity index (χ2n) is 9.09. The van der Waals surface area contributed by atoms with Gasteiger partial charge in [-0.3, -0.25) is 19.1 Å². The number of hydrogen-bond acceptors (Lipinski definition) is 9. The van der Waals surface area contributed by atoms with E-state index in [9.17, 15) is 18.8 Å². The number of primary amides is 1. The molecule has 12 nitrogen and oxygen atoms in total. The molecule has 0 spiro atoms. The number of nitrogens with two attached hydrogens (primary N) is 1. The Balaban J connectivity index is 1.25. The van der Waals surface area contributed by atoms with E-state index in [0.29, 0.717) is 16.4 Å². The van der Waals surface area contributed by atoms with Crippen LogP contribution < -0.4 is 11.1 Å². The first-order valence-electron chi connectivity index (χ1n) is 12.0. The van der Waals surface area contributed by atoms with Crippen molar-refractivity contribution >= 4 is 66.9 Å². The van der Waals surface area contributed by atoms with Crippen molar-refractivity contribution in [3.8, 4) is 11.1 Å². The van der Waals surface area contributed by atoms with Gasteiger partial charge in [-0.05, 0) is 29.8 Å². The van der Waals surface area contributed by atoms with Crippen molar-refractivity contribution in [1.29, 1.82) is 0 Å². The Labute approximate surface area is 234 Å². The number of rotatable bonds is 6. The molecule has 0 aliphatic carbocycles. The third kappa shape index (κ3) is 4.71. The van der Waals surface area contributed by atoms with Crippen LogP contribution in [0, 0.1) is 0 Å². The van der Waals surface area contributed by atoms with Gasteiger partial charge in [0, 0.05) is 23.6 Å². The summed E-state index contributed by atoms with van der Waals surface area (Å²) in [6, 6.07) is 7.63. The molecule has 5 heterocycles. The number of nitrogens with zero attached hydrogens (tertiary/aromatic N) is 7. The molecule has 0 saturated carbocycles. The number of alkyl halides is 1. The van der Waals surface area contributed by atoms with E-state index in [1.807, 2.05) is 0 Å². The zero-order chi connectivity index (χ0) is 28.0. The Bertz CT molecular complexity index is 1790. The molecule has 4 aromatic heterocycles. The summed E-state index contributed by atoms with van der Waals surface area (Å²) in [6.07, 6.45) is 3.09.